The second kappa shape index (κ2) is 7.26. The van der Waals surface area contributed by atoms with E-state index in [4.69, 9.17) is 4.74 Å². The van der Waals surface area contributed by atoms with Crippen molar-refractivity contribution < 1.29 is 9.53 Å². The van der Waals surface area contributed by atoms with Crippen LogP contribution in [-0.4, -0.2) is 30.2 Å². The fourth-order valence-electron chi connectivity index (χ4n) is 2.63. The van der Waals surface area contributed by atoms with Crippen LogP contribution in [0.5, 0.6) is 0 Å². The Morgan fingerprint density at radius 2 is 2.27 bits per heavy atom. The summed E-state index contributed by atoms with van der Waals surface area (Å²) >= 11 is 1.64. The summed E-state index contributed by atoms with van der Waals surface area (Å²) in [6, 6.07) is 9.98. The molecule has 2 aromatic rings. The third kappa shape index (κ3) is 3.76. The van der Waals surface area contributed by atoms with Gasteiger partial charge in [0, 0.05) is 30.7 Å². The van der Waals surface area contributed by atoms with Gasteiger partial charge < -0.3 is 15.0 Å². The molecule has 22 heavy (non-hydrogen) atoms. The first-order valence-electron chi connectivity index (χ1n) is 7.43. The van der Waals surface area contributed by atoms with Gasteiger partial charge in [0.15, 0.2) is 5.13 Å². The first-order chi connectivity index (χ1) is 10.8. The van der Waals surface area contributed by atoms with Crippen LogP contribution in [-0.2, 0) is 11.3 Å². The second-order valence-corrected chi connectivity index (χ2v) is 6.12. The Morgan fingerprint density at radius 1 is 1.41 bits per heavy atom. The number of rotatable bonds is 5. The zero-order chi connectivity index (χ0) is 15.2. The molecular weight excluding hydrogens is 298 g/mol. The molecule has 3 rings (SSSR count). The van der Waals surface area contributed by atoms with E-state index in [9.17, 15) is 4.79 Å². The molecule has 1 amide bonds. The molecule has 0 saturated carbocycles. The van der Waals surface area contributed by atoms with Crippen molar-refractivity contribution in [1.29, 1.82) is 0 Å². The molecule has 0 spiro atoms. The number of aromatic nitrogens is 1. The van der Waals surface area contributed by atoms with Crippen molar-refractivity contribution in [3.63, 3.8) is 0 Å². The number of hydrogen-bond donors (Lipinski definition) is 1. The van der Waals surface area contributed by atoms with Crippen LogP contribution in [0.15, 0.2) is 41.9 Å². The first-order valence-corrected chi connectivity index (χ1v) is 8.31. The summed E-state index contributed by atoms with van der Waals surface area (Å²) in [5.41, 5.74) is 0.989. The molecule has 1 N–H and O–H groups in total. The number of anilines is 1. The fourth-order valence-corrected chi connectivity index (χ4v) is 3.37. The van der Waals surface area contributed by atoms with Gasteiger partial charge >= 0.3 is 6.09 Å². The molecule has 1 atom stereocenters. The number of alkyl carbamates (subject to hydrolysis) is 1. The predicted molar refractivity (Wildman–Crippen MR) is 87.1 cm³/mol. The average Bonchev–Trinajstić information content (AvgIpc) is 3.22. The minimum atomic E-state index is -0.366. The van der Waals surface area contributed by atoms with Crippen molar-refractivity contribution in [2.75, 3.05) is 18.0 Å². The molecule has 6 heteroatoms. The van der Waals surface area contributed by atoms with E-state index in [1.807, 2.05) is 41.9 Å². The number of thiazole rings is 1. The highest BCUT2D eigenvalue weighted by molar-refractivity contribution is 7.13. The number of nitrogens with one attached hydrogen (secondary N) is 1. The second-order valence-electron chi connectivity index (χ2n) is 5.25. The lowest BCUT2D eigenvalue weighted by Crippen LogP contribution is -2.40. The Balaban J connectivity index is 1.44. The van der Waals surface area contributed by atoms with Crippen molar-refractivity contribution in [3.05, 3.63) is 47.5 Å². The third-order valence-corrected chi connectivity index (χ3v) is 4.55. The van der Waals surface area contributed by atoms with Gasteiger partial charge in [0.2, 0.25) is 0 Å². The Kier molecular flexibility index (Phi) is 4.90. The highest BCUT2D eigenvalue weighted by Crippen LogP contribution is 2.26. The molecule has 116 valence electrons. The van der Waals surface area contributed by atoms with E-state index in [0.29, 0.717) is 19.2 Å². The molecule has 1 unspecified atom stereocenters. The summed E-state index contributed by atoms with van der Waals surface area (Å²) in [4.78, 5) is 18.4. The Labute approximate surface area is 133 Å². The van der Waals surface area contributed by atoms with Gasteiger partial charge in [-0.15, -0.1) is 11.3 Å². The van der Waals surface area contributed by atoms with Gasteiger partial charge in [0.1, 0.15) is 6.61 Å². The SMILES string of the molecule is O=C(NCC1CCCN1c1nccs1)OCc1ccccc1. The molecule has 1 aliphatic heterocycles. The minimum absolute atomic E-state index is 0.299. The van der Waals surface area contributed by atoms with Gasteiger partial charge in [-0.2, -0.15) is 0 Å². The predicted octanol–water partition coefficient (Wildman–Crippen LogP) is 3.04. The maximum absolute atomic E-state index is 11.8. The Hall–Kier alpha value is -2.08. The van der Waals surface area contributed by atoms with Crippen molar-refractivity contribution >= 4 is 22.6 Å². The normalized spacial score (nSPS) is 17.5. The molecular formula is C16H19N3O2S. The van der Waals surface area contributed by atoms with E-state index in [0.717, 1.165) is 30.1 Å². The van der Waals surface area contributed by atoms with E-state index in [-0.39, 0.29) is 6.09 Å². The number of ether oxygens (including phenoxy) is 1. The van der Waals surface area contributed by atoms with Crippen LogP contribution < -0.4 is 10.2 Å². The summed E-state index contributed by atoms with van der Waals surface area (Å²) in [5.74, 6) is 0. The molecule has 1 fully saturated rings. The number of hydrogen-bond acceptors (Lipinski definition) is 5. The van der Waals surface area contributed by atoms with Gasteiger partial charge in [0.25, 0.3) is 0 Å². The van der Waals surface area contributed by atoms with Crippen LogP contribution in [0.2, 0.25) is 0 Å². The smallest absolute Gasteiger partial charge is 0.407 e. The molecule has 0 radical (unpaired) electrons. The third-order valence-electron chi connectivity index (χ3n) is 3.74. The quantitative estimate of drug-likeness (QED) is 0.921. The highest BCUT2D eigenvalue weighted by Gasteiger charge is 2.26. The number of carbonyl (C=O) groups is 1. The van der Waals surface area contributed by atoms with Crippen LogP contribution in [0.25, 0.3) is 0 Å². The minimum Gasteiger partial charge on any atom is -0.445 e. The summed E-state index contributed by atoms with van der Waals surface area (Å²) in [6.07, 6.45) is 3.65. The standard InChI is InChI=1S/C16H19N3O2S/c20-16(21-12-13-5-2-1-3-6-13)18-11-14-7-4-9-19(14)15-17-8-10-22-15/h1-3,5-6,8,10,14H,4,7,9,11-12H2,(H,18,20). The molecule has 1 aromatic heterocycles. The fraction of sp³-hybridized carbons (Fsp3) is 0.375. The first kappa shape index (κ1) is 14.8. The summed E-state index contributed by atoms with van der Waals surface area (Å²) in [5, 5.41) is 5.87. The van der Waals surface area contributed by atoms with Crippen molar-refractivity contribution in [2.24, 2.45) is 0 Å². The monoisotopic (exact) mass is 317 g/mol. The summed E-state index contributed by atoms with van der Waals surface area (Å²) in [6.45, 7) is 1.89. The van der Waals surface area contributed by atoms with Crippen LogP contribution in [0.4, 0.5) is 9.93 Å². The Bertz CT molecular complexity index is 589. The van der Waals surface area contributed by atoms with Gasteiger partial charge in [0.05, 0.1) is 0 Å². The van der Waals surface area contributed by atoms with Crippen molar-refractivity contribution in [3.8, 4) is 0 Å². The van der Waals surface area contributed by atoms with Gasteiger partial charge in [-0.1, -0.05) is 30.3 Å². The number of carbonyl (C=O) groups excluding carboxylic acids is 1. The lowest BCUT2D eigenvalue weighted by molar-refractivity contribution is 0.139. The zero-order valence-corrected chi connectivity index (χ0v) is 13.1. The van der Waals surface area contributed by atoms with Gasteiger partial charge in [-0.3, -0.25) is 0 Å². The Morgan fingerprint density at radius 3 is 3.05 bits per heavy atom. The number of benzene rings is 1. The molecule has 5 nitrogen and oxygen atoms in total. The van der Waals surface area contributed by atoms with E-state index >= 15 is 0 Å². The van der Waals surface area contributed by atoms with Crippen LogP contribution >= 0.6 is 11.3 Å². The lowest BCUT2D eigenvalue weighted by atomic mass is 10.2. The van der Waals surface area contributed by atoms with E-state index in [1.54, 1.807) is 11.3 Å². The molecule has 1 aliphatic rings. The molecule has 0 aliphatic carbocycles. The highest BCUT2D eigenvalue weighted by atomic mass is 32.1. The lowest BCUT2D eigenvalue weighted by Gasteiger charge is -2.24. The van der Waals surface area contributed by atoms with Crippen LogP contribution in [0.3, 0.4) is 0 Å². The summed E-state index contributed by atoms with van der Waals surface area (Å²) in [7, 11) is 0. The molecule has 1 saturated heterocycles. The van der Waals surface area contributed by atoms with Gasteiger partial charge in [-0.05, 0) is 18.4 Å². The van der Waals surface area contributed by atoms with Gasteiger partial charge in [-0.25, -0.2) is 9.78 Å². The summed E-state index contributed by atoms with van der Waals surface area (Å²) < 4.78 is 5.23. The maximum Gasteiger partial charge on any atom is 0.407 e. The maximum atomic E-state index is 11.8. The number of nitrogens with zero attached hydrogens (tertiary/aromatic N) is 2. The van der Waals surface area contributed by atoms with E-state index in [1.165, 1.54) is 0 Å². The molecule has 2 heterocycles. The topological polar surface area (TPSA) is 54.5 Å². The molecule has 1 aromatic carbocycles. The van der Waals surface area contributed by atoms with Crippen molar-refractivity contribution in [2.45, 2.75) is 25.5 Å². The molecule has 0 bridgehead atoms. The van der Waals surface area contributed by atoms with Crippen LogP contribution in [0, 0.1) is 0 Å². The van der Waals surface area contributed by atoms with Crippen LogP contribution in [0.1, 0.15) is 18.4 Å². The van der Waals surface area contributed by atoms with E-state index in [2.05, 4.69) is 15.2 Å². The van der Waals surface area contributed by atoms with E-state index < -0.39 is 0 Å². The number of amides is 1. The zero-order valence-electron chi connectivity index (χ0n) is 12.3. The average molecular weight is 317 g/mol. The largest absolute Gasteiger partial charge is 0.445 e. The van der Waals surface area contributed by atoms with Crippen molar-refractivity contribution in [1.82, 2.24) is 10.3 Å².